The number of hydrogen-bond acceptors (Lipinski definition) is 2. The van der Waals surface area contributed by atoms with E-state index in [0.29, 0.717) is 6.54 Å². The zero-order valence-electron chi connectivity index (χ0n) is 17.1. The average molecular weight is 456 g/mol. The number of quaternary nitrogens is 1. The Morgan fingerprint density at radius 3 is 2.36 bits per heavy atom. The van der Waals surface area contributed by atoms with E-state index in [-0.39, 0.29) is 38.6 Å². The van der Waals surface area contributed by atoms with Gasteiger partial charge in [0.1, 0.15) is 12.3 Å². The van der Waals surface area contributed by atoms with Crippen LogP contribution in [-0.2, 0) is 44.0 Å². The Morgan fingerprint density at radius 1 is 1.04 bits per heavy atom. The predicted molar refractivity (Wildman–Crippen MR) is 110 cm³/mol. The number of carbonyl (C=O) groups excluding carboxylic acids is 1. The third kappa shape index (κ3) is 6.40. The first-order valence-electron chi connectivity index (χ1n) is 9.94. The van der Waals surface area contributed by atoms with Crippen molar-refractivity contribution in [2.45, 2.75) is 39.2 Å². The van der Waals surface area contributed by atoms with E-state index in [0.717, 1.165) is 41.1 Å². The minimum atomic E-state index is 0. The van der Waals surface area contributed by atoms with Gasteiger partial charge in [-0.3, -0.25) is 4.79 Å². The zero-order chi connectivity index (χ0) is 19.1. The van der Waals surface area contributed by atoms with Crippen LogP contribution >= 0.6 is 0 Å². The van der Waals surface area contributed by atoms with Crippen molar-refractivity contribution in [1.29, 1.82) is 0 Å². The molecule has 1 fully saturated rings. The van der Waals surface area contributed by atoms with Crippen LogP contribution in [0.3, 0.4) is 0 Å². The van der Waals surface area contributed by atoms with Crippen LogP contribution in [0.1, 0.15) is 36.8 Å². The van der Waals surface area contributed by atoms with Gasteiger partial charge >= 0.3 is 0 Å². The van der Waals surface area contributed by atoms with E-state index in [1.165, 1.54) is 31.2 Å². The summed E-state index contributed by atoms with van der Waals surface area (Å²) in [6.45, 7) is 5.59. The molecule has 0 unspecified atom stereocenters. The third-order valence-electron chi connectivity index (χ3n) is 5.57. The summed E-state index contributed by atoms with van der Waals surface area (Å²) in [5.74, 6) is 0.850. The SMILES string of the molecule is COc1ccc(C)c(NC(=O)C[N+]2(Cc3ccccc3)CCCCCC2)c1.[Y]. The molecular formula is C23H31N2O2Y+. The van der Waals surface area contributed by atoms with Crippen LogP contribution < -0.4 is 10.1 Å². The van der Waals surface area contributed by atoms with Crippen LogP contribution in [0.4, 0.5) is 5.69 Å². The second-order valence-corrected chi connectivity index (χ2v) is 7.73. The van der Waals surface area contributed by atoms with Gasteiger partial charge < -0.3 is 14.5 Å². The molecule has 1 saturated heterocycles. The van der Waals surface area contributed by atoms with E-state index in [1.807, 2.05) is 25.1 Å². The summed E-state index contributed by atoms with van der Waals surface area (Å²) >= 11 is 0. The van der Waals surface area contributed by atoms with E-state index < -0.39 is 0 Å². The summed E-state index contributed by atoms with van der Waals surface area (Å²) in [6, 6.07) is 16.4. The van der Waals surface area contributed by atoms with Crippen LogP contribution in [-0.4, -0.2) is 37.1 Å². The molecule has 0 aromatic heterocycles. The summed E-state index contributed by atoms with van der Waals surface area (Å²) in [6.07, 6.45) is 4.92. The molecule has 0 aliphatic carbocycles. The number of hydrogen-bond donors (Lipinski definition) is 1. The molecule has 5 heteroatoms. The molecule has 28 heavy (non-hydrogen) atoms. The van der Waals surface area contributed by atoms with Crippen molar-refractivity contribution in [2.24, 2.45) is 0 Å². The van der Waals surface area contributed by atoms with Crippen molar-refractivity contribution in [2.75, 3.05) is 32.1 Å². The second kappa shape index (κ2) is 11.1. The Labute approximate surface area is 194 Å². The first-order chi connectivity index (χ1) is 13.1. The van der Waals surface area contributed by atoms with Crippen molar-refractivity contribution in [3.63, 3.8) is 0 Å². The molecule has 1 N–H and O–H groups in total. The fraction of sp³-hybridized carbons (Fsp3) is 0.435. The van der Waals surface area contributed by atoms with Crippen LogP contribution in [0.15, 0.2) is 48.5 Å². The maximum absolute atomic E-state index is 13.0. The number of benzene rings is 2. The van der Waals surface area contributed by atoms with Crippen LogP contribution in [0.5, 0.6) is 5.75 Å². The van der Waals surface area contributed by atoms with Gasteiger partial charge in [0.2, 0.25) is 0 Å². The number of anilines is 1. The smallest absolute Gasteiger partial charge is 0.279 e. The minimum Gasteiger partial charge on any atom is -0.497 e. The molecule has 1 aliphatic rings. The van der Waals surface area contributed by atoms with Crippen LogP contribution in [0.2, 0.25) is 0 Å². The number of carbonyl (C=O) groups is 1. The van der Waals surface area contributed by atoms with Gasteiger partial charge in [-0.1, -0.05) is 36.4 Å². The summed E-state index contributed by atoms with van der Waals surface area (Å²) in [5, 5.41) is 3.13. The maximum Gasteiger partial charge on any atom is 0.279 e. The van der Waals surface area contributed by atoms with Gasteiger partial charge in [-0.25, -0.2) is 0 Å². The molecule has 2 aromatic carbocycles. The van der Waals surface area contributed by atoms with E-state index in [4.69, 9.17) is 4.74 Å². The Hall–Kier alpha value is -1.23. The maximum atomic E-state index is 13.0. The van der Waals surface area contributed by atoms with Gasteiger partial charge in [-0.2, -0.15) is 0 Å². The Bertz CT molecular complexity index is 756. The van der Waals surface area contributed by atoms with E-state index in [1.54, 1.807) is 7.11 Å². The number of nitrogens with zero attached hydrogens (tertiary/aromatic N) is 1. The summed E-state index contributed by atoms with van der Waals surface area (Å²) < 4.78 is 6.15. The van der Waals surface area contributed by atoms with Gasteiger partial charge in [0, 0.05) is 50.0 Å². The predicted octanol–water partition coefficient (Wildman–Crippen LogP) is 4.53. The van der Waals surface area contributed by atoms with Crippen molar-refractivity contribution in [1.82, 2.24) is 0 Å². The van der Waals surface area contributed by atoms with Crippen LogP contribution in [0.25, 0.3) is 0 Å². The molecule has 147 valence electrons. The number of methoxy groups -OCH3 is 1. The number of amides is 1. The topological polar surface area (TPSA) is 38.3 Å². The molecule has 4 nitrogen and oxygen atoms in total. The van der Waals surface area contributed by atoms with Crippen LogP contribution in [0, 0.1) is 6.92 Å². The van der Waals surface area contributed by atoms with E-state index in [2.05, 4.69) is 35.6 Å². The Morgan fingerprint density at radius 2 is 1.71 bits per heavy atom. The molecule has 1 radical (unpaired) electrons. The number of likely N-dealkylation sites (tertiary alicyclic amines) is 1. The normalized spacial score (nSPS) is 15.8. The molecule has 0 spiro atoms. The monoisotopic (exact) mass is 456 g/mol. The molecule has 0 saturated carbocycles. The first kappa shape index (κ1) is 23.1. The molecule has 1 heterocycles. The van der Waals surface area contributed by atoms with Crippen molar-refractivity contribution in [3.8, 4) is 5.75 Å². The Balaban J connectivity index is 0.00000280. The third-order valence-corrected chi connectivity index (χ3v) is 5.57. The van der Waals surface area contributed by atoms with Crippen molar-refractivity contribution >= 4 is 11.6 Å². The van der Waals surface area contributed by atoms with E-state index >= 15 is 0 Å². The van der Waals surface area contributed by atoms with Gasteiger partial charge in [0.25, 0.3) is 5.91 Å². The molecular weight excluding hydrogens is 425 g/mol. The molecule has 3 rings (SSSR count). The number of ether oxygens (including phenoxy) is 1. The summed E-state index contributed by atoms with van der Waals surface area (Å²) in [5.41, 5.74) is 3.20. The van der Waals surface area contributed by atoms with Gasteiger partial charge in [0.05, 0.1) is 20.2 Å². The van der Waals surface area contributed by atoms with Crippen molar-refractivity contribution in [3.05, 3.63) is 59.7 Å². The minimum absolute atomic E-state index is 0. The Kier molecular flexibility index (Phi) is 9.13. The second-order valence-electron chi connectivity index (χ2n) is 7.73. The molecule has 2 aromatic rings. The average Bonchev–Trinajstić information content (AvgIpc) is 2.89. The van der Waals surface area contributed by atoms with Gasteiger partial charge in [-0.05, 0) is 44.2 Å². The number of rotatable bonds is 6. The largest absolute Gasteiger partial charge is 0.497 e. The molecule has 0 atom stereocenters. The standard InChI is InChI=1S/C23H30N2O2.Y/c1-19-12-13-21(27-2)16-22(19)24-23(26)18-25(14-8-3-4-9-15-25)17-20-10-6-5-7-11-20;/h5-7,10-13,16H,3-4,8-9,14-15,17-18H2,1-2H3;/p+1. The fourth-order valence-electron chi connectivity index (χ4n) is 4.06. The summed E-state index contributed by atoms with van der Waals surface area (Å²) in [4.78, 5) is 13.0. The van der Waals surface area contributed by atoms with Gasteiger partial charge in [-0.15, -0.1) is 0 Å². The van der Waals surface area contributed by atoms with Crippen molar-refractivity contribution < 1.29 is 46.7 Å². The molecule has 0 bridgehead atoms. The first-order valence-corrected chi connectivity index (χ1v) is 9.94. The molecule has 1 amide bonds. The zero-order valence-corrected chi connectivity index (χ0v) is 20.0. The number of nitrogens with one attached hydrogen (secondary N) is 1. The molecule has 1 aliphatic heterocycles. The summed E-state index contributed by atoms with van der Waals surface area (Å²) in [7, 11) is 1.65. The number of aryl methyl sites for hydroxylation is 1. The quantitative estimate of drug-likeness (QED) is 0.649. The van der Waals surface area contributed by atoms with Gasteiger partial charge in [0.15, 0.2) is 6.54 Å². The van der Waals surface area contributed by atoms with E-state index in [9.17, 15) is 4.79 Å². The fourth-order valence-corrected chi connectivity index (χ4v) is 4.06.